The highest BCUT2D eigenvalue weighted by Gasteiger charge is 2.44. The molecule has 0 saturated heterocycles. The van der Waals surface area contributed by atoms with Crippen LogP contribution in [0.15, 0.2) is 60.7 Å². The van der Waals surface area contributed by atoms with Crippen molar-refractivity contribution in [2.75, 3.05) is 12.8 Å². The van der Waals surface area contributed by atoms with Gasteiger partial charge in [0.2, 0.25) is 0 Å². The maximum atomic E-state index is 13.1. The highest BCUT2D eigenvalue weighted by atomic mass is 16.5. The molecule has 4 rings (SSSR count). The minimum Gasteiger partial charge on any atom is -0.467 e. The summed E-state index contributed by atoms with van der Waals surface area (Å²) < 4.78 is 5.06. The zero-order valence-corrected chi connectivity index (χ0v) is 15.7. The molecule has 0 fully saturated rings. The highest BCUT2D eigenvalue weighted by Crippen LogP contribution is 2.31. The Hall–Kier alpha value is -3.34. The molecule has 0 radical (unpaired) electrons. The lowest BCUT2D eigenvalue weighted by molar-refractivity contribution is -0.148. The van der Waals surface area contributed by atoms with Gasteiger partial charge in [-0.05, 0) is 46.9 Å². The van der Waals surface area contributed by atoms with Crippen molar-refractivity contribution in [1.29, 1.82) is 0 Å². The predicted octanol–water partition coefficient (Wildman–Crippen LogP) is 3.25. The molecule has 0 heterocycles. The zero-order valence-electron chi connectivity index (χ0n) is 15.7. The SMILES string of the molecule is COC(=O)C1(NC(=O)c2cc3ccccc3cc2N)CCc2ccccc2C1. The topological polar surface area (TPSA) is 81.4 Å². The molecular weight excluding hydrogens is 352 g/mol. The van der Waals surface area contributed by atoms with Gasteiger partial charge in [-0.25, -0.2) is 4.79 Å². The van der Waals surface area contributed by atoms with Crippen LogP contribution in [-0.4, -0.2) is 24.5 Å². The van der Waals surface area contributed by atoms with Crippen molar-refractivity contribution in [2.24, 2.45) is 0 Å². The van der Waals surface area contributed by atoms with Gasteiger partial charge in [-0.2, -0.15) is 0 Å². The van der Waals surface area contributed by atoms with E-state index in [0.29, 0.717) is 30.5 Å². The van der Waals surface area contributed by atoms with Gasteiger partial charge in [0.05, 0.1) is 12.7 Å². The average molecular weight is 374 g/mol. The molecule has 0 spiro atoms. The third-order valence-corrected chi connectivity index (χ3v) is 5.52. The number of amides is 1. The minimum atomic E-state index is -1.10. The van der Waals surface area contributed by atoms with Crippen LogP contribution in [0.4, 0.5) is 5.69 Å². The molecule has 3 N–H and O–H groups in total. The Kier molecular flexibility index (Phi) is 4.51. The van der Waals surface area contributed by atoms with Gasteiger partial charge >= 0.3 is 5.97 Å². The smallest absolute Gasteiger partial charge is 0.331 e. The lowest BCUT2D eigenvalue weighted by Crippen LogP contribution is -2.58. The Balaban J connectivity index is 1.69. The van der Waals surface area contributed by atoms with Crippen molar-refractivity contribution in [2.45, 2.75) is 24.8 Å². The number of nitrogen functional groups attached to an aromatic ring is 1. The fraction of sp³-hybridized carbons (Fsp3) is 0.217. The Labute approximate surface area is 163 Å². The molecule has 142 valence electrons. The summed E-state index contributed by atoms with van der Waals surface area (Å²) in [6.07, 6.45) is 1.57. The lowest BCUT2D eigenvalue weighted by atomic mass is 9.77. The number of methoxy groups -OCH3 is 1. The van der Waals surface area contributed by atoms with E-state index in [1.54, 1.807) is 12.1 Å². The van der Waals surface area contributed by atoms with Gasteiger partial charge in [-0.1, -0.05) is 48.5 Å². The maximum Gasteiger partial charge on any atom is 0.331 e. The van der Waals surface area contributed by atoms with Crippen LogP contribution in [0.25, 0.3) is 10.8 Å². The van der Waals surface area contributed by atoms with E-state index in [0.717, 1.165) is 16.3 Å². The van der Waals surface area contributed by atoms with Gasteiger partial charge in [-0.3, -0.25) is 4.79 Å². The van der Waals surface area contributed by atoms with E-state index in [4.69, 9.17) is 10.5 Å². The van der Waals surface area contributed by atoms with Crippen LogP contribution in [0.2, 0.25) is 0 Å². The number of ether oxygens (including phenoxy) is 1. The number of carbonyl (C=O) groups excluding carboxylic acids is 2. The molecular formula is C23H22N2O3. The van der Waals surface area contributed by atoms with Crippen LogP contribution >= 0.6 is 0 Å². The number of hydrogen-bond acceptors (Lipinski definition) is 4. The number of benzene rings is 3. The van der Waals surface area contributed by atoms with Crippen LogP contribution in [0.1, 0.15) is 27.9 Å². The zero-order chi connectivity index (χ0) is 19.7. The summed E-state index contributed by atoms with van der Waals surface area (Å²) in [5, 5.41) is 4.84. The van der Waals surface area contributed by atoms with E-state index in [1.165, 1.54) is 12.7 Å². The third kappa shape index (κ3) is 3.09. The molecule has 1 aliphatic rings. The molecule has 0 aliphatic heterocycles. The van der Waals surface area contributed by atoms with Crippen molar-refractivity contribution in [3.63, 3.8) is 0 Å². The number of nitrogens with one attached hydrogen (secondary N) is 1. The van der Waals surface area contributed by atoms with Crippen LogP contribution in [-0.2, 0) is 22.4 Å². The van der Waals surface area contributed by atoms with Crippen LogP contribution < -0.4 is 11.1 Å². The van der Waals surface area contributed by atoms with E-state index >= 15 is 0 Å². The van der Waals surface area contributed by atoms with Crippen LogP contribution in [0.3, 0.4) is 0 Å². The number of fused-ring (bicyclic) bond motifs is 2. The first kappa shape index (κ1) is 18.0. The number of hydrogen-bond donors (Lipinski definition) is 2. The van der Waals surface area contributed by atoms with Gasteiger partial charge in [-0.15, -0.1) is 0 Å². The molecule has 0 saturated carbocycles. The normalized spacial score (nSPS) is 18.3. The average Bonchev–Trinajstić information content (AvgIpc) is 2.72. The van der Waals surface area contributed by atoms with Gasteiger partial charge in [0.15, 0.2) is 0 Å². The predicted molar refractivity (Wildman–Crippen MR) is 109 cm³/mol. The number of anilines is 1. The maximum absolute atomic E-state index is 13.1. The molecule has 5 heteroatoms. The fourth-order valence-corrected chi connectivity index (χ4v) is 4.00. The van der Waals surface area contributed by atoms with Crippen LogP contribution in [0, 0.1) is 0 Å². The van der Waals surface area contributed by atoms with Crippen molar-refractivity contribution in [3.8, 4) is 0 Å². The molecule has 28 heavy (non-hydrogen) atoms. The molecule has 5 nitrogen and oxygen atoms in total. The Bertz CT molecular complexity index is 1080. The van der Waals surface area contributed by atoms with Gasteiger partial charge in [0, 0.05) is 12.1 Å². The summed E-state index contributed by atoms with van der Waals surface area (Å²) in [6.45, 7) is 0. The summed E-state index contributed by atoms with van der Waals surface area (Å²) in [5.74, 6) is -0.803. The van der Waals surface area contributed by atoms with E-state index in [1.807, 2.05) is 42.5 Å². The van der Waals surface area contributed by atoms with Crippen molar-refractivity contribution < 1.29 is 14.3 Å². The Morgan fingerprint density at radius 2 is 1.64 bits per heavy atom. The van der Waals surface area contributed by atoms with E-state index < -0.39 is 11.5 Å². The molecule has 3 aromatic carbocycles. The number of aryl methyl sites for hydroxylation is 1. The second-order valence-electron chi connectivity index (χ2n) is 7.26. The summed E-state index contributed by atoms with van der Waals surface area (Å²) in [4.78, 5) is 25.8. The highest BCUT2D eigenvalue weighted by molar-refractivity contribution is 6.05. The van der Waals surface area contributed by atoms with E-state index in [-0.39, 0.29) is 5.91 Å². The second kappa shape index (κ2) is 7.00. The third-order valence-electron chi connectivity index (χ3n) is 5.52. The molecule has 1 unspecified atom stereocenters. The minimum absolute atomic E-state index is 0.362. The molecule has 3 aromatic rings. The number of rotatable bonds is 3. The molecule has 1 aliphatic carbocycles. The van der Waals surface area contributed by atoms with Crippen molar-refractivity contribution in [3.05, 3.63) is 77.4 Å². The number of carbonyl (C=O) groups is 2. The standard InChI is InChI=1S/C23H22N2O3/c1-28-22(27)23(11-10-15-6-2-5-9-18(15)14-23)25-21(26)19-12-16-7-3-4-8-17(16)13-20(19)24/h2-9,12-13H,10-11,14,24H2,1H3,(H,25,26). The van der Waals surface area contributed by atoms with Crippen LogP contribution in [0.5, 0.6) is 0 Å². The second-order valence-corrected chi connectivity index (χ2v) is 7.26. The van der Waals surface area contributed by atoms with Crippen molar-refractivity contribution in [1.82, 2.24) is 5.32 Å². The first-order chi connectivity index (χ1) is 13.5. The first-order valence-electron chi connectivity index (χ1n) is 9.28. The monoisotopic (exact) mass is 374 g/mol. The number of esters is 1. The Morgan fingerprint density at radius 1 is 1.00 bits per heavy atom. The van der Waals surface area contributed by atoms with Crippen molar-refractivity contribution >= 4 is 28.3 Å². The molecule has 1 atom stereocenters. The molecule has 0 bridgehead atoms. The molecule has 0 aromatic heterocycles. The summed E-state index contributed by atoms with van der Waals surface area (Å²) in [5.41, 5.74) is 8.03. The summed E-state index contributed by atoms with van der Waals surface area (Å²) in [7, 11) is 1.35. The largest absolute Gasteiger partial charge is 0.467 e. The van der Waals surface area contributed by atoms with E-state index in [9.17, 15) is 9.59 Å². The summed E-state index contributed by atoms with van der Waals surface area (Å²) >= 11 is 0. The van der Waals surface area contributed by atoms with E-state index in [2.05, 4.69) is 11.4 Å². The Morgan fingerprint density at radius 3 is 2.36 bits per heavy atom. The molecule has 1 amide bonds. The first-order valence-corrected chi connectivity index (χ1v) is 9.28. The fourth-order valence-electron chi connectivity index (χ4n) is 4.00. The van der Waals surface area contributed by atoms with Gasteiger partial charge in [0.1, 0.15) is 5.54 Å². The van der Waals surface area contributed by atoms with Gasteiger partial charge < -0.3 is 15.8 Å². The van der Waals surface area contributed by atoms with Gasteiger partial charge in [0.25, 0.3) is 5.91 Å². The summed E-state index contributed by atoms with van der Waals surface area (Å²) in [6, 6.07) is 19.2. The lowest BCUT2D eigenvalue weighted by Gasteiger charge is -2.36. The quantitative estimate of drug-likeness (QED) is 0.545. The number of nitrogens with two attached hydrogens (primary N) is 1.